The maximum Gasteiger partial charge on any atom is 0.0726 e. The van der Waals surface area contributed by atoms with E-state index < -0.39 is 0 Å². The van der Waals surface area contributed by atoms with E-state index in [9.17, 15) is 0 Å². The fourth-order valence-corrected chi connectivity index (χ4v) is 2.59. The van der Waals surface area contributed by atoms with Gasteiger partial charge in [0.25, 0.3) is 0 Å². The average molecular weight is 277 g/mol. The molecule has 0 aliphatic rings. The fourth-order valence-electron chi connectivity index (χ4n) is 2.59. The van der Waals surface area contributed by atoms with Crippen molar-refractivity contribution in [3.05, 3.63) is 65.9 Å². The number of anilines is 2. The van der Waals surface area contributed by atoms with E-state index in [-0.39, 0.29) is 0 Å². The predicted molar refractivity (Wildman–Crippen MR) is 88.9 cm³/mol. The minimum absolute atomic E-state index is 0.553. The van der Waals surface area contributed by atoms with Crippen molar-refractivity contribution >= 4 is 22.3 Å². The third kappa shape index (κ3) is 2.60. The number of nitrogens with zero attached hydrogens (tertiary/aromatic N) is 2. The summed E-state index contributed by atoms with van der Waals surface area (Å²) in [5.74, 6) is 0. The van der Waals surface area contributed by atoms with Gasteiger partial charge in [-0.2, -0.15) is 0 Å². The number of fused-ring (bicyclic) bond motifs is 1. The van der Waals surface area contributed by atoms with Crippen molar-refractivity contribution in [1.82, 2.24) is 4.98 Å². The van der Waals surface area contributed by atoms with Crippen LogP contribution in [0.2, 0.25) is 0 Å². The SMILES string of the molecule is Cc1cc(N(C)c2cccc(CN)c2)c2ccccc2n1. The highest BCUT2D eigenvalue weighted by atomic mass is 15.1. The molecule has 2 N–H and O–H groups in total. The molecule has 0 amide bonds. The van der Waals surface area contributed by atoms with Gasteiger partial charge in [-0.25, -0.2) is 0 Å². The summed E-state index contributed by atoms with van der Waals surface area (Å²) in [6.07, 6.45) is 0. The van der Waals surface area contributed by atoms with Crippen molar-refractivity contribution in [1.29, 1.82) is 0 Å². The molecule has 106 valence electrons. The first-order valence-corrected chi connectivity index (χ1v) is 7.08. The summed E-state index contributed by atoms with van der Waals surface area (Å²) < 4.78 is 0. The van der Waals surface area contributed by atoms with Gasteiger partial charge in [0.1, 0.15) is 0 Å². The lowest BCUT2D eigenvalue weighted by molar-refractivity contribution is 1.06. The number of nitrogens with two attached hydrogens (primary N) is 1. The van der Waals surface area contributed by atoms with Gasteiger partial charge >= 0.3 is 0 Å². The Morgan fingerprint density at radius 2 is 1.86 bits per heavy atom. The van der Waals surface area contributed by atoms with Crippen LogP contribution >= 0.6 is 0 Å². The lowest BCUT2D eigenvalue weighted by atomic mass is 10.1. The summed E-state index contributed by atoms with van der Waals surface area (Å²) in [5, 5.41) is 1.16. The quantitative estimate of drug-likeness (QED) is 0.792. The topological polar surface area (TPSA) is 42.1 Å². The molecule has 0 spiro atoms. The Balaban J connectivity index is 2.14. The lowest BCUT2D eigenvalue weighted by Crippen LogP contribution is -2.11. The summed E-state index contributed by atoms with van der Waals surface area (Å²) in [6.45, 7) is 2.58. The largest absolute Gasteiger partial charge is 0.344 e. The van der Waals surface area contributed by atoms with Crippen LogP contribution in [-0.2, 0) is 6.54 Å². The van der Waals surface area contributed by atoms with Crippen LogP contribution in [0.1, 0.15) is 11.3 Å². The molecule has 1 heterocycles. The van der Waals surface area contributed by atoms with Crippen LogP contribution in [0.25, 0.3) is 10.9 Å². The second kappa shape index (κ2) is 5.54. The van der Waals surface area contributed by atoms with Gasteiger partial charge in [-0.3, -0.25) is 4.98 Å². The van der Waals surface area contributed by atoms with Gasteiger partial charge in [0.15, 0.2) is 0 Å². The van der Waals surface area contributed by atoms with Crippen LogP contribution in [0.15, 0.2) is 54.6 Å². The molecular weight excluding hydrogens is 258 g/mol. The Morgan fingerprint density at radius 1 is 1.05 bits per heavy atom. The zero-order valence-corrected chi connectivity index (χ0v) is 12.4. The van der Waals surface area contributed by atoms with E-state index >= 15 is 0 Å². The van der Waals surface area contributed by atoms with Crippen molar-refractivity contribution in [3.8, 4) is 0 Å². The number of pyridine rings is 1. The molecule has 0 aliphatic heterocycles. The highest BCUT2D eigenvalue weighted by molar-refractivity contribution is 5.93. The van der Waals surface area contributed by atoms with Crippen molar-refractivity contribution in [2.45, 2.75) is 13.5 Å². The normalized spacial score (nSPS) is 10.8. The van der Waals surface area contributed by atoms with Gasteiger partial charge < -0.3 is 10.6 Å². The average Bonchev–Trinajstić information content (AvgIpc) is 2.53. The molecule has 3 aromatic rings. The number of rotatable bonds is 3. The predicted octanol–water partition coefficient (Wildman–Crippen LogP) is 3.77. The van der Waals surface area contributed by atoms with Crippen LogP contribution in [0, 0.1) is 6.92 Å². The van der Waals surface area contributed by atoms with E-state index in [2.05, 4.69) is 47.3 Å². The smallest absolute Gasteiger partial charge is 0.0726 e. The van der Waals surface area contributed by atoms with E-state index in [4.69, 9.17) is 5.73 Å². The molecular formula is C18H19N3. The number of para-hydroxylation sites is 1. The number of hydrogen-bond acceptors (Lipinski definition) is 3. The molecule has 0 aliphatic carbocycles. The molecule has 0 radical (unpaired) electrons. The second-order valence-corrected chi connectivity index (χ2v) is 5.23. The van der Waals surface area contributed by atoms with Crippen molar-refractivity contribution in [2.24, 2.45) is 5.73 Å². The Hall–Kier alpha value is -2.39. The van der Waals surface area contributed by atoms with E-state index in [1.165, 1.54) is 0 Å². The first-order valence-electron chi connectivity index (χ1n) is 7.08. The van der Waals surface area contributed by atoms with Gasteiger partial charge in [-0.15, -0.1) is 0 Å². The maximum absolute atomic E-state index is 5.74. The van der Waals surface area contributed by atoms with Crippen LogP contribution in [0.3, 0.4) is 0 Å². The molecule has 1 aromatic heterocycles. The van der Waals surface area contributed by atoms with Crippen LogP contribution in [-0.4, -0.2) is 12.0 Å². The molecule has 3 rings (SSSR count). The first kappa shape index (κ1) is 13.6. The summed E-state index contributed by atoms with van der Waals surface area (Å²) in [7, 11) is 2.08. The minimum Gasteiger partial charge on any atom is -0.344 e. The molecule has 0 fully saturated rings. The van der Waals surface area contributed by atoms with Gasteiger partial charge in [-0.05, 0) is 36.8 Å². The maximum atomic E-state index is 5.74. The number of aryl methyl sites for hydroxylation is 1. The van der Waals surface area contributed by atoms with Crippen molar-refractivity contribution in [2.75, 3.05) is 11.9 Å². The number of hydrogen-bond donors (Lipinski definition) is 1. The summed E-state index contributed by atoms with van der Waals surface area (Å²) >= 11 is 0. The van der Waals surface area contributed by atoms with E-state index in [0.29, 0.717) is 6.54 Å². The Bertz CT molecular complexity index is 780. The third-order valence-corrected chi connectivity index (χ3v) is 3.72. The fraction of sp³-hybridized carbons (Fsp3) is 0.167. The van der Waals surface area contributed by atoms with Crippen molar-refractivity contribution < 1.29 is 0 Å². The van der Waals surface area contributed by atoms with E-state index in [1.54, 1.807) is 0 Å². The van der Waals surface area contributed by atoms with Gasteiger partial charge in [0.05, 0.1) is 11.2 Å². The van der Waals surface area contributed by atoms with Gasteiger partial charge in [0, 0.05) is 30.4 Å². The molecule has 0 atom stereocenters. The number of aromatic nitrogens is 1. The lowest BCUT2D eigenvalue weighted by Gasteiger charge is -2.22. The van der Waals surface area contributed by atoms with Gasteiger partial charge in [-0.1, -0.05) is 30.3 Å². The molecule has 3 heteroatoms. The summed E-state index contributed by atoms with van der Waals surface area (Å²) in [5.41, 5.74) is 11.2. The minimum atomic E-state index is 0.553. The van der Waals surface area contributed by atoms with Crippen LogP contribution in [0.5, 0.6) is 0 Å². The molecule has 0 saturated heterocycles. The van der Waals surface area contributed by atoms with Crippen LogP contribution < -0.4 is 10.6 Å². The number of benzene rings is 2. The molecule has 3 nitrogen and oxygen atoms in total. The highest BCUT2D eigenvalue weighted by Gasteiger charge is 2.10. The monoisotopic (exact) mass is 277 g/mol. The van der Waals surface area contributed by atoms with Crippen LogP contribution in [0.4, 0.5) is 11.4 Å². The summed E-state index contributed by atoms with van der Waals surface area (Å²) in [6, 6.07) is 18.7. The van der Waals surface area contributed by atoms with Crippen molar-refractivity contribution in [3.63, 3.8) is 0 Å². The third-order valence-electron chi connectivity index (χ3n) is 3.72. The van der Waals surface area contributed by atoms with E-state index in [1.807, 2.05) is 31.2 Å². The molecule has 0 bridgehead atoms. The molecule has 0 saturated carbocycles. The zero-order chi connectivity index (χ0) is 14.8. The van der Waals surface area contributed by atoms with Gasteiger partial charge in [0.2, 0.25) is 0 Å². The molecule has 21 heavy (non-hydrogen) atoms. The molecule has 2 aromatic carbocycles. The first-order chi connectivity index (χ1) is 10.2. The Morgan fingerprint density at radius 3 is 2.67 bits per heavy atom. The second-order valence-electron chi connectivity index (χ2n) is 5.23. The Kier molecular flexibility index (Phi) is 3.59. The zero-order valence-electron chi connectivity index (χ0n) is 12.4. The Labute approximate surface area is 125 Å². The summed E-state index contributed by atoms with van der Waals surface area (Å²) in [4.78, 5) is 6.79. The highest BCUT2D eigenvalue weighted by Crippen LogP contribution is 2.31. The van der Waals surface area contributed by atoms with E-state index in [0.717, 1.165) is 33.5 Å². The molecule has 0 unspecified atom stereocenters. The standard InChI is InChI=1S/C18H19N3/c1-13-10-18(16-8-3-4-9-17(16)20-13)21(2)15-7-5-6-14(11-15)12-19/h3-11H,12,19H2,1-2H3.